The Labute approximate surface area is 237 Å². The molecule has 0 saturated carbocycles. The second-order valence-corrected chi connectivity index (χ2v) is 10.1. The van der Waals surface area contributed by atoms with Gasteiger partial charge in [0.2, 0.25) is 11.7 Å². The van der Waals surface area contributed by atoms with Gasteiger partial charge in [-0.25, -0.2) is 9.18 Å². The lowest BCUT2D eigenvalue weighted by molar-refractivity contribution is -0.147. The molecule has 41 heavy (non-hydrogen) atoms. The first-order chi connectivity index (χ1) is 19.7. The fraction of sp³-hybridized carbons (Fsp3) is 0.296. The lowest BCUT2D eigenvalue weighted by Gasteiger charge is -2.40. The van der Waals surface area contributed by atoms with Crippen molar-refractivity contribution in [2.75, 3.05) is 20.3 Å². The average Bonchev–Trinajstić information content (AvgIpc) is 3.65. The highest BCUT2D eigenvalue weighted by Crippen LogP contribution is 2.39. The van der Waals surface area contributed by atoms with Gasteiger partial charge in [-0.05, 0) is 52.4 Å². The van der Waals surface area contributed by atoms with Crippen LogP contribution in [0.2, 0.25) is 5.02 Å². The molecule has 1 atom stereocenters. The van der Waals surface area contributed by atoms with E-state index in [0.717, 1.165) is 11.1 Å². The lowest BCUT2D eigenvalue weighted by Crippen LogP contribution is -2.70. The summed E-state index contributed by atoms with van der Waals surface area (Å²) >= 11 is 6.20. The van der Waals surface area contributed by atoms with E-state index in [1.807, 2.05) is 18.2 Å². The van der Waals surface area contributed by atoms with Gasteiger partial charge in [-0.3, -0.25) is 4.79 Å². The second-order valence-electron chi connectivity index (χ2n) is 9.70. The molecule has 1 aliphatic heterocycles. The third-order valence-electron chi connectivity index (χ3n) is 6.99. The van der Waals surface area contributed by atoms with E-state index in [1.54, 1.807) is 13.0 Å². The smallest absolute Gasteiger partial charge is 0.416 e. The molecule has 1 fully saturated rings. The van der Waals surface area contributed by atoms with Gasteiger partial charge in [0.15, 0.2) is 5.54 Å². The molecule has 1 saturated heterocycles. The van der Waals surface area contributed by atoms with Gasteiger partial charge in [0.25, 0.3) is 11.8 Å². The van der Waals surface area contributed by atoms with Crippen LogP contribution in [0.25, 0.3) is 22.5 Å². The van der Waals surface area contributed by atoms with E-state index in [1.165, 1.54) is 19.2 Å². The Morgan fingerprint density at radius 2 is 1.98 bits per heavy atom. The van der Waals surface area contributed by atoms with Gasteiger partial charge in [-0.15, -0.1) is 0 Å². The summed E-state index contributed by atoms with van der Waals surface area (Å²) in [6.07, 6.45) is 0.394. The Morgan fingerprint density at radius 1 is 1.15 bits per heavy atom. The number of halogens is 2. The summed E-state index contributed by atoms with van der Waals surface area (Å²) in [5.74, 6) is -0.600. The van der Waals surface area contributed by atoms with E-state index < -0.39 is 23.4 Å². The van der Waals surface area contributed by atoms with Crippen LogP contribution >= 0.6 is 11.6 Å². The molecule has 3 heterocycles. The highest BCUT2D eigenvalue weighted by molar-refractivity contribution is 6.31. The van der Waals surface area contributed by atoms with Crippen LogP contribution in [-0.4, -0.2) is 53.2 Å². The molecule has 2 aromatic heterocycles. The van der Waals surface area contributed by atoms with Gasteiger partial charge in [-0.2, -0.15) is 4.98 Å². The third-order valence-corrected chi connectivity index (χ3v) is 7.20. The van der Waals surface area contributed by atoms with Gasteiger partial charge in [0.05, 0.1) is 38.0 Å². The molecule has 0 bridgehead atoms. The van der Waals surface area contributed by atoms with Crippen LogP contribution in [0.1, 0.15) is 29.5 Å². The van der Waals surface area contributed by atoms with E-state index in [0.29, 0.717) is 29.9 Å². The maximum absolute atomic E-state index is 15.0. The highest BCUT2D eigenvalue weighted by Gasteiger charge is 2.49. The first kappa shape index (κ1) is 26.7. The average molecular weight is 584 g/mol. The Bertz CT molecular complexity index is 1650. The lowest BCUT2D eigenvalue weighted by atomic mass is 9.94. The number of ether oxygens (including phenoxy) is 3. The van der Waals surface area contributed by atoms with Crippen molar-refractivity contribution in [3.8, 4) is 34.3 Å². The van der Waals surface area contributed by atoms with Crippen LogP contribution in [0, 0.1) is 12.7 Å². The number of methoxy groups -OCH3 is 1. The quantitative estimate of drug-likeness (QED) is 0.324. The molecule has 1 aliphatic carbocycles. The molecule has 2 aromatic carbocycles. The minimum absolute atomic E-state index is 0.0230. The van der Waals surface area contributed by atoms with Crippen molar-refractivity contribution in [2.45, 2.75) is 31.3 Å². The number of nitrogens with zero attached hydrogens (tertiary/aromatic N) is 3. The monoisotopic (exact) mass is 583 g/mol. The van der Waals surface area contributed by atoms with Crippen molar-refractivity contribution >= 4 is 23.6 Å². The van der Waals surface area contributed by atoms with E-state index in [2.05, 4.69) is 25.9 Å². The first-order valence-electron chi connectivity index (χ1n) is 12.6. The number of aryl methyl sites for hydroxylation is 2. The maximum atomic E-state index is 15.0. The SMILES string of the molecule is COc1cc(OC(=O)NC2(C(=O)N[C@H]3CCc4cc(-c5cc(Cl)cc(F)c5-c5noc(C)n5)ccc43)COC2)on1. The Balaban J connectivity index is 1.19. The zero-order valence-corrected chi connectivity index (χ0v) is 22.6. The molecule has 2 amide bonds. The van der Waals surface area contributed by atoms with Crippen LogP contribution in [0.15, 0.2) is 45.4 Å². The summed E-state index contributed by atoms with van der Waals surface area (Å²) in [5.41, 5.74) is 2.00. The van der Waals surface area contributed by atoms with Crippen molar-refractivity contribution in [3.63, 3.8) is 0 Å². The molecule has 212 valence electrons. The van der Waals surface area contributed by atoms with Crippen LogP contribution in [0.5, 0.6) is 11.8 Å². The largest absolute Gasteiger partial charge is 0.479 e. The van der Waals surface area contributed by atoms with Crippen molar-refractivity contribution < 1.29 is 37.2 Å². The molecule has 6 rings (SSSR count). The molecule has 12 nitrogen and oxygen atoms in total. The van der Waals surface area contributed by atoms with E-state index in [9.17, 15) is 9.59 Å². The maximum Gasteiger partial charge on any atom is 0.416 e. The molecule has 14 heteroatoms. The normalized spacial score (nSPS) is 16.9. The predicted octanol–water partition coefficient (Wildman–Crippen LogP) is 4.16. The topological polar surface area (TPSA) is 151 Å². The summed E-state index contributed by atoms with van der Waals surface area (Å²) in [4.78, 5) is 30.0. The fourth-order valence-corrected chi connectivity index (χ4v) is 5.13. The number of benzene rings is 2. The number of nitrogens with one attached hydrogen (secondary N) is 2. The van der Waals surface area contributed by atoms with Crippen molar-refractivity contribution in [2.24, 2.45) is 0 Å². The first-order valence-corrected chi connectivity index (χ1v) is 12.9. The van der Waals surface area contributed by atoms with Gasteiger partial charge in [0.1, 0.15) is 5.82 Å². The van der Waals surface area contributed by atoms with E-state index >= 15 is 4.39 Å². The molecule has 2 aliphatic rings. The molecule has 2 N–H and O–H groups in total. The number of carbonyl (C=O) groups excluding carboxylic acids is 2. The molecule has 0 unspecified atom stereocenters. The zero-order chi connectivity index (χ0) is 28.7. The van der Waals surface area contributed by atoms with Crippen LogP contribution in [0.4, 0.5) is 9.18 Å². The number of carbonyl (C=O) groups is 2. The predicted molar refractivity (Wildman–Crippen MR) is 140 cm³/mol. The standard InChI is InChI=1S/C27H23ClFN5O7/c1-13-30-24(34-40-13)23-18(8-16(28)9-19(23)29)15-3-5-17-14(7-15)4-6-20(17)31-25(35)27(11-38-12-27)32-26(36)39-22-10-21(37-2)33-41-22/h3,5,7-10,20H,4,6,11-12H2,1-2H3,(H,31,35)(H,32,36)/t20-/m0/s1. The number of hydrogen-bond donors (Lipinski definition) is 2. The van der Waals surface area contributed by atoms with Crippen molar-refractivity contribution in [1.29, 1.82) is 0 Å². The minimum atomic E-state index is -1.31. The summed E-state index contributed by atoms with van der Waals surface area (Å²) in [6, 6.07) is 9.49. The van der Waals surface area contributed by atoms with E-state index in [-0.39, 0.29) is 47.5 Å². The van der Waals surface area contributed by atoms with Gasteiger partial charge in [0, 0.05) is 11.9 Å². The highest BCUT2D eigenvalue weighted by atomic mass is 35.5. The Morgan fingerprint density at radius 3 is 2.66 bits per heavy atom. The number of amides is 2. The van der Waals surface area contributed by atoms with Crippen molar-refractivity contribution in [3.05, 3.63) is 64.3 Å². The van der Waals surface area contributed by atoms with E-state index in [4.69, 9.17) is 34.9 Å². The zero-order valence-electron chi connectivity index (χ0n) is 21.8. The fourth-order valence-electron chi connectivity index (χ4n) is 4.93. The van der Waals surface area contributed by atoms with Gasteiger partial charge >= 0.3 is 12.0 Å². The molecular weight excluding hydrogens is 561 g/mol. The third kappa shape index (κ3) is 5.09. The van der Waals surface area contributed by atoms with Crippen LogP contribution in [-0.2, 0) is 16.0 Å². The van der Waals surface area contributed by atoms with Crippen molar-refractivity contribution in [1.82, 2.24) is 25.9 Å². The summed E-state index contributed by atoms with van der Waals surface area (Å²) < 4.78 is 40.2. The minimum Gasteiger partial charge on any atom is -0.479 e. The van der Waals surface area contributed by atoms with Crippen LogP contribution < -0.4 is 20.1 Å². The summed E-state index contributed by atoms with van der Waals surface area (Å²) in [6.45, 7) is 1.58. The van der Waals surface area contributed by atoms with Gasteiger partial charge < -0.3 is 33.9 Å². The number of fused-ring (bicyclic) bond motifs is 1. The Hall–Kier alpha value is -4.49. The number of aromatic nitrogens is 3. The second kappa shape index (κ2) is 10.5. The molecule has 4 aromatic rings. The summed E-state index contributed by atoms with van der Waals surface area (Å²) in [5, 5.41) is 13.3. The molecule has 0 radical (unpaired) electrons. The molecular formula is C27H23ClFN5O7. The number of hydrogen-bond acceptors (Lipinski definition) is 10. The number of rotatable bonds is 7. The van der Waals surface area contributed by atoms with Crippen LogP contribution in [0.3, 0.4) is 0 Å². The summed E-state index contributed by atoms with van der Waals surface area (Å²) in [7, 11) is 1.39. The Kier molecular flexibility index (Phi) is 6.83. The molecule has 0 spiro atoms. The van der Waals surface area contributed by atoms with Gasteiger partial charge in [-0.1, -0.05) is 35.0 Å².